The quantitative estimate of drug-likeness (QED) is 0.359. The minimum absolute atomic E-state index is 0.0924. The molecule has 2 rings (SSSR count). The molecule has 0 aliphatic carbocycles. The minimum Gasteiger partial charge on any atom is -0.435 e. The molecular formula is C18H23F2N5O3S. The van der Waals surface area contributed by atoms with Crippen LogP contribution < -0.4 is 14.8 Å². The molecule has 1 heterocycles. The third kappa shape index (κ3) is 7.27. The van der Waals surface area contributed by atoms with Crippen molar-refractivity contribution in [2.24, 2.45) is 4.99 Å². The lowest BCUT2D eigenvalue weighted by Crippen LogP contribution is -2.42. The van der Waals surface area contributed by atoms with Crippen LogP contribution in [0.25, 0.3) is 0 Å². The lowest BCUT2D eigenvalue weighted by atomic mass is 10.2. The Morgan fingerprint density at radius 1 is 1.24 bits per heavy atom. The van der Waals surface area contributed by atoms with Crippen molar-refractivity contribution >= 4 is 16.0 Å². The van der Waals surface area contributed by atoms with Crippen molar-refractivity contribution < 1.29 is 21.9 Å². The number of hydrogen-bond acceptors (Lipinski definition) is 5. The molecule has 2 N–H and O–H groups in total. The average molecular weight is 427 g/mol. The van der Waals surface area contributed by atoms with Gasteiger partial charge >= 0.3 is 6.61 Å². The Balaban J connectivity index is 1.82. The third-order valence-corrected chi connectivity index (χ3v) is 5.23. The maximum Gasteiger partial charge on any atom is 0.387 e. The molecule has 11 heteroatoms. The smallest absolute Gasteiger partial charge is 0.387 e. The van der Waals surface area contributed by atoms with Gasteiger partial charge < -0.3 is 15.0 Å². The fraction of sp³-hybridized carbons (Fsp3) is 0.333. The Morgan fingerprint density at radius 2 is 1.97 bits per heavy atom. The first kappa shape index (κ1) is 22.5. The summed E-state index contributed by atoms with van der Waals surface area (Å²) in [4.78, 5) is 9.87. The van der Waals surface area contributed by atoms with Gasteiger partial charge in [-0.05, 0) is 29.8 Å². The molecule has 0 spiro atoms. The van der Waals surface area contributed by atoms with Crippen LogP contribution in [0.3, 0.4) is 0 Å². The van der Waals surface area contributed by atoms with E-state index in [0.29, 0.717) is 19.0 Å². The number of ether oxygens (including phenoxy) is 1. The van der Waals surface area contributed by atoms with Crippen LogP contribution in [-0.4, -0.2) is 58.1 Å². The minimum atomic E-state index is -3.62. The maximum atomic E-state index is 12.2. The number of hydrogen-bond donors (Lipinski definition) is 2. The molecule has 29 heavy (non-hydrogen) atoms. The van der Waals surface area contributed by atoms with Crippen LogP contribution in [0.15, 0.2) is 58.7 Å². The summed E-state index contributed by atoms with van der Waals surface area (Å²) < 4.78 is 55.5. The maximum absolute atomic E-state index is 12.2. The second-order valence-corrected chi connectivity index (χ2v) is 7.71. The Morgan fingerprint density at radius 3 is 2.55 bits per heavy atom. The Kier molecular flexibility index (Phi) is 8.28. The van der Waals surface area contributed by atoms with Crippen LogP contribution in [0.4, 0.5) is 8.78 Å². The molecule has 0 saturated carbocycles. The van der Waals surface area contributed by atoms with Gasteiger partial charge in [0.1, 0.15) is 10.6 Å². The number of alkyl halides is 2. The molecule has 0 fully saturated rings. The van der Waals surface area contributed by atoms with Gasteiger partial charge in [0.2, 0.25) is 10.0 Å². The van der Waals surface area contributed by atoms with Crippen LogP contribution in [0, 0.1) is 0 Å². The van der Waals surface area contributed by atoms with Gasteiger partial charge in [0, 0.05) is 46.1 Å². The SMILES string of the molecule is CN=C(NCCNS(=O)(=O)c1cccnc1)N(C)Cc1ccc(OC(F)F)cc1. The molecule has 1 aromatic carbocycles. The van der Waals surface area contributed by atoms with E-state index in [0.717, 1.165) is 5.56 Å². The first-order chi connectivity index (χ1) is 13.8. The number of rotatable bonds is 9. The highest BCUT2D eigenvalue weighted by molar-refractivity contribution is 7.89. The zero-order valence-electron chi connectivity index (χ0n) is 16.0. The van der Waals surface area contributed by atoms with Crippen LogP contribution >= 0.6 is 0 Å². The number of nitrogens with zero attached hydrogens (tertiary/aromatic N) is 3. The summed E-state index contributed by atoms with van der Waals surface area (Å²) >= 11 is 0. The zero-order valence-corrected chi connectivity index (χ0v) is 16.9. The molecule has 0 amide bonds. The van der Waals surface area contributed by atoms with E-state index in [1.165, 1.54) is 30.6 Å². The highest BCUT2D eigenvalue weighted by Crippen LogP contribution is 2.15. The van der Waals surface area contributed by atoms with Crippen molar-refractivity contribution in [3.05, 3.63) is 54.4 Å². The number of aliphatic imine (C=N–C) groups is 1. The van der Waals surface area contributed by atoms with Crippen molar-refractivity contribution in [1.29, 1.82) is 0 Å². The number of nitrogens with one attached hydrogen (secondary N) is 2. The summed E-state index contributed by atoms with van der Waals surface area (Å²) in [6, 6.07) is 9.33. The highest BCUT2D eigenvalue weighted by atomic mass is 32.2. The summed E-state index contributed by atoms with van der Waals surface area (Å²) in [6.07, 6.45) is 2.78. The molecule has 158 valence electrons. The van der Waals surface area contributed by atoms with Gasteiger partial charge in [-0.3, -0.25) is 9.98 Å². The van der Waals surface area contributed by atoms with Gasteiger partial charge in [0.25, 0.3) is 0 Å². The lowest BCUT2D eigenvalue weighted by molar-refractivity contribution is -0.0498. The third-order valence-electron chi connectivity index (χ3n) is 3.79. The summed E-state index contributed by atoms with van der Waals surface area (Å²) in [5.41, 5.74) is 0.870. The Labute approximate surface area is 168 Å². The first-order valence-corrected chi connectivity index (χ1v) is 10.2. The second-order valence-electron chi connectivity index (χ2n) is 5.94. The monoisotopic (exact) mass is 427 g/mol. The van der Waals surface area contributed by atoms with Crippen molar-refractivity contribution in [3.8, 4) is 5.75 Å². The molecule has 0 aliphatic heterocycles. The molecule has 1 aromatic heterocycles. The first-order valence-electron chi connectivity index (χ1n) is 8.67. The Hall–Kier alpha value is -2.79. The molecule has 0 atom stereocenters. The topological polar surface area (TPSA) is 95.9 Å². The van der Waals surface area contributed by atoms with E-state index in [4.69, 9.17) is 0 Å². The fourth-order valence-electron chi connectivity index (χ4n) is 2.46. The summed E-state index contributed by atoms with van der Waals surface area (Å²) in [5.74, 6) is 0.647. The number of aromatic nitrogens is 1. The summed E-state index contributed by atoms with van der Waals surface area (Å²) in [7, 11) is -0.204. The molecular weight excluding hydrogens is 404 g/mol. The van der Waals surface area contributed by atoms with E-state index in [-0.39, 0.29) is 17.2 Å². The standard InChI is InChI=1S/C18H23F2N5O3S/c1-21-18(23-10-11-24-29(26,27)16-4-3-9-22-12-16)25(2)13-14-5-7-15(8-6-14)28-17(19)20/h3-9,12,17,24H,10-11,13H2,1-2H3,(H,21,23). The van der Waals surface area contributed by atoms with E-state index in [9.17, 15) is 17.2 Å². The van der Waals surface area contributed by atoms with Crippen molar-refractivity contribution in [1.82, 2.24) is 19.9 Å². The number of halogens is 2. The zero-order chi connectivity index (χ0) is 21.3. The van der Waals surface area contributed by atoms with Gasteiger partial charge in [-0.2, -0.15) is 8.78 Å². The van der Waals surface area contributed by atoms with Gasteiger partial charge in [0.05, 0.1) is 0 Å². The van der Waals surface area contributed by atoms with Crippen LogP contribution in [0.2, 0.25) is 0 Å². The molecule has 0 bridgehead atoms. The average Bonchev–Trinajstić information content (AvgIpc) is 2.69. The summed E-state index contributed by atoms with van der Waals surface area (Å²) in [5, 5.41) is 3.06. The van der Waals surface area contributed by atoms with E-state index >= 15 is 0 Å². The fourth-order valence-corrected chi connectivity index (χ4v) is 3.45. The van der Waals surface area contributed by atoms with Crippen molar-refractivity contribution in [2.45, 2.75) is 18.1 Å². The largest absolute Gasteiger partial charge is 0.435 e. The highest BCUT2D eigenvalue weighted by Gasteiger charge is 2.13. The molecule has 0 unspecified atom stereocenters. The Bertz CT molecular complexity index is 893. The van der Waals surface area contributed by atoms with Crippen LogP contribution in [0.1, 0.15) is 5.56 Å². The normalized spacial score (nSPS) is 12.1. The number of benzene rings is 1. The van der Waals surface area contributed by atoms with Crippen LogP contribution in [-0.2, 0) is 16.6 Å². The van der Waals surface area contributed by atoms with Crippen molar-refractivity contribution in [2.75, 3.05) is 27.2 Å². The lowest BCUT2D eigenvalue weighted by Gasteiger charge is -2.22. The summed E-state index contributed by atoms with van der Waals surface area (Å²) in [6.45, 7) is -1.92. The molecule has 2 aromatic rings. The van der Waals surface area contributed by atoms with Gasteiger partial charge in [-0.15, -0.1) is 0 Å². The number of pyridine rings is 1. The molecule has 0 saturated heterocycles. The predicted molar refractivity (Wildman–Crippen MR) is 105 cm³/mol. The van der Waals surface area contributed by atoms with Gasteiger partial charge in [-0.25, -0.2) is 13.1 Å². The predicted octanol–water partition coefficient (Wildman–Crippen LogP) is 1.67. The van der Waals surface area contributed by atoms with Crippen LogP contribution in [0.5, 0.6) is 5.75 Å². The molecule has 0 aliphatic rings. The molecule has 8 nitrogen and oxygen atoms in total. The van der Waals surface area contributed by atoms with Gasteiger partial charge in [0.15, 0.2) is 5.96 Å². The van der Waals surface area contributed by atoms with E-state index in [1.54, 1.807) is 32.3 Å². The van der Waals surface area contributed by atoms with E-state index in [1.807, 2.05) is 4.90 Å². The van der Waals surface area contributed by atoms with E-state index < -0.39 is 16.6 Å². The number of sulfonamides is 1. The second kappa shape index (κ2) is 10.7. The number of guanidine groups is 1. The van der Waals surface area contributed by atoms with Gasteiger partial charge in [-0.1, -0.05) is 12.1 Å². The van der Waals surface area contributed by atoms with E-state index in [2.05, 4.69) is 24.8 Å². The van der Waals surface area contributed by atoms with Crippen molar-refractivity contribution in [3.63, 3.8) is 0 Å². The molecule has 0 radical (unpaired) electrons.